The zero-order chi connectivity index (χ0) is 38.4. The molecule has 2 heteroatoms. The molecular weight excluding hydrogens is 703 g/mol. The van der Waals surface area contributed by atoms with Crippen LogP contribution in [0.5, 0.6) is 11.5 Å². The highest BCUT2D eigenvalue weighted by molar-refractivity contribution is 6.07. The van der Waals surface area contributed by atoms with E-state index in [1.165, 1.54) is 49.7 Å². The summed E-state index contributed by atoms with van der Waals surface area (Å²) in [4.78, 5) is 2.39. The highest BCUT2D eigenvalue weighted by Crippen LogP contribution is 2.49. The quantitative estimate of drug-likeness (QED) is 0.161. The predicted molar refractivity (Wildman–Crippen MR) is 243 cm³/mol. The first-order chi connectivity index (χ1) is 28.7. The summed E-state index contributed by atoms with van der Waals surface area (Å²) in [6.07, 6.45) is 0. The van der Waals surface area contributed by atoms with Crippen LogP contribution >= 0.6 is 0 Å². The topological polar surface area (TPSA) is 12.5 Å². The fourth-order valence-electron chi connectivity index (χ4n) is 8.64. The van der Waals surface area contributed by atoms with E-state index < -0.39 is 0 Å². The van der Waals surface area contributed by atoms with Crippen LogP contribution in [0.3, 0.4) is 0 Å². The molecule has 0 radical (unpaired) electrons. The van der Waals surface area contributed by atoms with E-state index in [0.29, 0.717) is 0 Å². The van der Waals surface area contributed by atoms with Gasteiger partial charge in [-0.05, 0) is 115 Å². The van der Waals surface area contributed by atoms with E-state index in [1.807, 2.05) is 6.07 Å². The Morgan fingerprint density at radius 2 is 0.810 bits per heavy atom. The summed E-state index contributed by atoms with van der Waals surface area (Å²) in [5.74, 6) is 1.78. The standard InChI is InChI=1S/C56H37NO/c1-2-12-38(13-3-1)40-28-32-46(33-29-40)57(47-34-30-41(31-35-47)39-24-26-43(27-25-39)49-20-10-15-42-14-4-5-17-48(42)49)53-21-8-6-18-50(53)45-36-44-16-11-23-55-56(44)52(37-45)51-19-7-9-22-54(51)58-55/h1-37H. The number of para-hydroxylation sites is 2. The molecule has 10 aromatic rings. The maximum Gasteiger partial charge on any atom is 0.135 e. The normalized spacial score (nSPS) is 11.6. The maximum atomic E-state index is 6.39. The van der Waals surface area contributed by atoms with Gasteiger partial charge in [0, 0.05) is 27.9 Å². The van der Waals surface area contributed by atoms with Crippen LogP contribution < -0.4 is 9.64 Å². The third-order valence-electron chi connectivity index (χ3n) is 11.5. The monoisotopic (exact) mass is 739 g/mol. The first-order valence-electron chi connectivity index (χ1n) is 19.8. The number of rotatable bonds is 7. The third-order valence-corrected chi connectivity index (χ3v) is 11.5. The van der Waals surface area contributed by atoms with Crippen LogP contribution in [0.1, 0.15) is 0 Å². The first kappa shape index (κ1) is 33.6. The Kier molecular flexibility index (Phi) is 8.19. The minimum absolute atomic E-state index is 0.886. The zero-order valence-corrected chi connectivity index (χ0v) is 31.7. The van der Waals surface area contributed by atoms with Crippen molar-refractivity contribution in [2.45, 2.75) is 0 Å². The lowest BCUT2D eigenvalue weighted by Gasteiger charge is -2.29. The van der Waals surface area contributed by atoms with Gasteiger partial charge in [0.25, 0.3) is 0 Å². The highest BCUT2D eigenvalue weighted by atomic mass is 16.5. The lowest BCUT2D eigenvalue weighted by atomic mass is 9.90. The first-order valence-corrected chi connectivity index (χ1v) is 19.8. The van der Waals surface area contributed by atoms with Crippen molar-refractivity contribution in [1.82, 2.24) is 0 Å². The van der Waals surface area contributed by atoms with E-state index in [-0.39, 0.29) is 0 Å². The van der Waals surface area contributed by atoms with Crippen molar-refractivity contribution in [3.63, 3.8) is 0 Å². The van der Waals surface area contributed by atoms with Crippen LogP contribution in [0.25, 0.3) is 77.2 Å². The van der Waals surface area contributed by atoms with Gasteiger partial charge in [-0.15, -0.1) is 0 Å². The van der Waals surface area contributed by atoms with Gasteiger partial charge in [0.2, 0.25) is 0 Å². The highest BCUT2D eigenvalue weighted by Gasteiger charge is 2.23. The molecule has 0 bridgehead atoms. The van der Waals surface area contributed by atoms with Crippen molar-refractivity contribution >= 4 is 38.6 Å². The van der Waals surface area contributed by atoms with Gasteiger partial charge >= 0.3 is 0 Å². The van der Waals surface area contributed by atoms with Crippen LogP contribution in [0.15, 0.2) is 224 Å². The molecule has 0 saturated heterocycles. The molecule has 0 amide bonds. The summed E-state index contributed by atoms with van der Waals surface area (Å²) >= 11 is 0. The van der Waals surface area contributed by atoms with Gasteiger partial charge in [0.15, 0.2) is 0 Å². The van der Waals surface area contributed by atoms with Gasteiger partial charge < -0.3 is 9.64 Å². The van der Waals surface area contributed by atoms with Crippen molar-refractivity contribution in [2.75, 3.05) is 4.90 Å². The largest absolute Gasteiger partial charge is 0.456 e. The number of hydrogen-bond acceptors (Lipinski definition) is 2. The Morgan fingerprint density at radius 1 is 0.293 bits per heavy atom. The average molecular weight is 740 g/mol. The molecule has 0 spiro atoms. The van der Waals surface area contributed by atoms with Crippen LogP contribution in [0.2, 0.25) is 0 Å². The van der Waals surface area contributed by atoms with Gasteiger partial charge in [0.1, 0.15) is 11.5 Å². The van der Waals surface area contributed by atoms with Crippen LogP contribution in [0, 0.1) is 0 Å². The molecule has 272 valence electrons. The van der Waals surface area contributed by atoms with Gasteiger partial charge in [0.05, 0.1) is 5.69 Å². The Hall–Kier alpha value is -7.68. The van der Waals surface area contributed by atoms with Crippen molar-refractivity contribution in [3.05, 3.63) is 224 Å². The van der Waals surface area contributed by atoms with E-state index in [9.17, 15) is 0 Å². The van der Waals surface area contributed by atoms with E-state index in [0.717, 1.165) is 56.0 Å². The van der Waals surface area contributed by atoms with Crippen molar-refractivity contribution in [1.29, 1.82) is 0 Å². The number of benzene rings is 10. The summed E-state index contributed by atoms with van der Waals surface area (Å²) in [6.45, 7) is 0. The minimum atomic E-state index is 0.886. The third kappa shape index (κ3) is 5.91. The molecule has 1 aliphatic rings. The fraction of sp³-hybridized carbons (Fsp3) is 0. The van der Waals surface area contributed by atoms with Gasteiger partial charge in [-0.2, -0.15) is 0 Å². The molecule has 1 heterocycles. The molecule has 58 heavy (non-hydrogen) atoms. The summed E-state index contributed by atoms with van der Waals surface area (Å²) in [6, 6.07) is 80.7. The molecule has 0 unspecified atom stereocenters. The average Bonchev–Trinajstić information content (AvgIpc) is 3.30. The molecule has 0 saturated carbocycles. The fourth-order valence-corrected chi connectivity index (χ4v) is 8.64. The summed E-state index contributed by atoms with van der Waals surface area (Å²) in [5.41, 5.74) is 15.1. The van der Waals surface area contributed by atoms with Crippen LogP contribution in [0.4, 0.5) is 17.1 Å². The second kappa shape index (κ2) is 14.1. The molecule has 1 aliphatic heterocycles. The minimum Gasteiger partial charge on any atom is -0.456 e. The Bertz CT molecular complexity index is 3110. The molecule has 0 atom stereocenters. The van der Waals surface area contributed by atoms with Crippen LogP contribution in [-0.4, -0.2) is 0 Å². The molecule has 0 aromatic heterocycles. The van der Waals surface area contributed by atoms with E-state index in [2.05, 4.69) is 223 Å². The molecule has 2 nitrogen and oxygen atoms in total. The summed E-state index contributed by atoms with van der Waals surface area (Å²) in [7, 11) is 0. The van der Waals surface area contributed by atoms with Crippen molar-refractivity contribution in [3.8, 4) is 67.1 Å². The van der Waals surface area contributed by atoms with E-state index in [1.54, 1.807) is 0 Å². The maximum absolute atomic E-state index is 6.39. The Labute approximate surface area is 338 Å². The Morgan fingerprint density at radius 3 is 1.57 bits per heavy atom. The number of hydrogen-bond donors (Lipinski definition) is 0. The lowest BCUT2D eigenvalue weighted by molar-refractivity contribution is 0.487. The Balaban J connectivity index is 1.01. The number of nitrogens with zero attached hydrogens (tertiary/aromatic N) is 1. The SMILES string of the molecule is c1ccc(-c2ccc(N(c3ccc(-c4ccc(-c5cccc6ccccc56)cc4)cc3)c3ccccc3-c3cc4c5c(cccc5c3)Oc3ccccc3-4)cc2)cc1. The van der Waals surface area contributed by atoms with Gasteiger partial charge in [-0.25, -0.2) is 0 Å². The predicted octanol–water partition coefficient (Wildman–Crippen LogP) is 15.9. The van der Waals surface area contributed by atoms with Crippen molar-refractivity contribution in [2.24, 2.45) is 0 Å². The summed E-state index contributed by atoms with van der Waals surface area (Å²) in [5, 5.41) is 4.83. The smallest absolute Gasteiger partial charge is 0.135 e. The molecule has 0 N–H and O–H groups in total. The molecular formula is C56H37NO. The molecule has 0 aliphatic carbocycles. The van der Waals surface area contributed by atoms with E-state index in [4.69, 9.17) is 4.74 Å². The van der Waals surface area contributed by atoms with Crippen molar-refractivity contribution < 1.29 is 4.74 Å². The lowest BCUT2D eigenvalue weighted by Crippen LogP contribution is -2.11. The number of fused-ring (bicyclic) bond motifs is 3. The summed E-state index contributed by atoms with van der Waals surface area (Å²) < 4.78 is 6.39. The zero-order valence-electron chi connectivity index (χ0n) is 31.7. The molecule has 10 aromatic carbocycles. The number of anilines is 3. The van der Waals surface area contributed by atoms with Gasteiger partial charge in [-0.3, -0.25) is 0 Å². The van der Waals surface area contributed by atoms with Gasteiger partial charge in [-0.1, -0.05) is 170 Å². The second-order valence-corrected chi connectivity index (χ2v) is 14.9. The molecule has 11 rings (SSSR count). The second-order valence-electron chi connectivity index (χ2n) is 14.9. The number of ether oxygens (including phenoxy) is 1. The van der Waals surface area contributed by atoms with E-state index >= 15 is 0 Å². The molecule has 0 fully saturated rings. The van der Waals surface area contributed by atoms with Crippen LogP contribution in [-0.2, 0) is 0 Å².